The van der Waals surface area contributed by atoms with Crippen molar-refractivity contribution >= 4 is 5.69 Å². The van der Waals surface area contributed by atoms with Crippen molar-refractivity contribution in [2.45, 2.75) is 19.8 Å². The van der Waals surface area contributed by atoms with Crippen LogP contribution in [0.5, 0.6) is 0 Å². The van der Waals surface area contributed by atoms with Gasteiger partial charge in [-0.25, -0.2) is 0 Å². The van der Waals surface area contributed by atoms with Crippen molar-refractivity contribution in [2.24, 2.45) is 0 Å². The van der Waals surface area contributed by atoms with Crippen molar-refractivity contribution in [1.82, 2.24) is 0 Å². The van der Waals surface area contributed by atoms with Gasteiger partial charge in [0.1, 0.15) is 0 Å². The van der Waals surface area contributed by atoms with Gasteiger partial charge in [0, 0.05) is 16.8 Å². The topological polar surface area (TPSA) is 26.0 Å². The number of benzene rings is 2. The second-order valence-electron chi connectivity index (χ2n) is 4.57. The Labute approximate surface area is 120 Å². The first-order valence-corrected chi connectivity index (χ1v) is 6.74. The molecule has 1 nitrogen and oxygen atoms in total. The first kappa shape index (κ1) is 13.8. The molecule has 20 heavy (non-hydrogen) atoms. The first-order valence-electron chi connectivity index (χ1n) is 6.74. The molecular weight excluding hydrogens is 242 g/mol. The Bertz CT molecular complexity index is 671. The predicted octanol–water partition coefficient (Wildman–Crippen LogP) is 3.62. The Morgan fingerprint density at radius 3 is 1.80 bits per heavy atom. The molecule has 0 unspecified atom stereocenters. The number of aryl methyl sites for hydroxylation is 1. The van der Waals surface area contributed by atoms with Crippen LogP contribution in [0.15, 0.2) is 48.5 Å². The number of nitrogen functional groups attached to an aromatic ring is 1. The number of hydrogen-bond donors (Lipinski definition) is 1. The summed E-state index contributed by atoms with van der Waals surface area (Å²) < 4.78 is 0. The highest BCUT2D eigenvalue weighted by Crippen LogP contribution is 2.05. The fourth-order valence-corrected chi connectivity index (χ4v) is 1.82. The molecule has 1 heteroatoms. The van der Waals surface area contributed by atoms with E-state index in [2.05, 4.69) is 42.7 Å². The average Bonchev–Trinajstić information content (AvgIpc) is 2.47. The minimum atomic E-state index is 0.744. The molecule has 0 bridgehead atoms. The second-order valence-corrected chi connectivity index (χ2v) is 4.57. The Morgan fingerprint density at radius 2 is 1.30 bits per heavy atom. The summed E-state index contributed by atoms with van der Waals surface area (Å²) in [6.45, 7) is 2.18. The van der Waals surface area contributed by atoms with Crippen molar-refractivity contribution in [3.8, 4) is 23.7 Å². The molecule has 2 aromatic carbocycles. The van der Waals surface area contributed by atoms with Crippen LogP contribution in [0.4, 0.5) is 5.69 Å². The largest absolute Gasteiger partial charge is 0.399 e. The van der Waals surface area contributed by atoms with Crippen LogP contribution < -0.4 is 5.73 Å². The molecule has 0 saturated carbocycles. The van der Waals surface area contributed by atoms with Crippen LogP contribution in [-0.4, -0.2) is 0 Å². The third-order valence-corrected chi connectivity index (χ3v) is 2.88. The molecule has 0 aliphatic heterocycles. The van der Waals surface area contributed by atoms with Gasteiger partial charge in [-0.15, -0.1) is 0 Å². The normalized spacial score (nSPS) is 9.05. The smallest absolute Gasteiger partial charge is 0.0314 e. The maximum absolute atomic E-state index is 5.62. The maximum Gasteiger partial charge on any atom is 0.0314 e. The van der Waals surface area contributed by atoms with Gasteiger partial charge in [0.15, 0.2) is 0 Å². The minimum absolute atomic E-state index is 0.744. The van der Waals surface area contributed by atoms with E-state index < -0.39 is 0 Å². The molecule has 0 aliphatic rings. The molecule has 0 spiro atoms. The van der Waals surface area contributed by atoms with Gasteiger partial charge >= 0.3 is 0 Å². The third kappa shape index (κ3) is 4.23. The van der Waals surface area contributed by atoms with Gasteiger partial charge in [-0.05, 0) is 60.2 Å². The van der Waals surface area contributed by atoms with E-state index in [1.807, 2.05) is 36.4 Å². The molecule has 0 radical (unpaired) electrons. The van der Waals surface area contributed by atoms with E-state index in [4.69, 9.17) is 5.73 Å². The van der Waals surface area contributed by atoms with Crippen LogP contribution in [0.2, 0.25) is 0 Å². The lowest BCUT2D eigenvalue weighted by atomic mass is 10.1. The Morgan fingerprint density at radius 1 is 0.800 bits per heavy atom. The molecule has 2 rings (SSSR count). The number of rotatable bonds is 2. The summed E-state index contributed by atoms with van der Waals surface area (Å²) in [6, 6.07) is 15.8. The summed E-state index contributed by atoms with van der Waals surface area (Å²) in [7, 11) is 0. The van der Waals surface area contributed by atoms with Crippen LogP contribution >= 0.6 is 0 Å². The molecule has 98 valence electrons. The fraction of sp³-hybridized carbons (Fsp3) is 0.158. The van der Waals surface area contributed by atoms with Crippen molar-refractivity contribution in [2.75, 3.05) is 5.73 Å². The van der Waals surface area contributed by atoms with E-state index in [9.17, 15) is 0 Å². The lowest BCUT2D eigenvalue weighted by Crippen LogP contribution is -1.83. The van der Waals surface area contributed by atoms with Crippen molar-refractivity contribution in [3.05, 3.63) is 65.2 Å². The molecule has 2 aromatic rings. The molecule has 0 aromatic heterocycles. The molecule has 0 fully saturated rings. The Hall–Kier alpha value is -2.64. The van der Waals surface area contributed by atoms with Gasteiger partial charge in [0.25, 0.3) is 0 Å². The Kier molecular flexibility index (Phi) is 4.87. The van der Waals surface area contributed by atoms with E-state index in [-0.39, 0.29) is 0 Å². The first-order chi connectivity index (χ1) is 9.78. The van der Waals surface area contributed by atoms with Crippen LogP contribution in [0.1, 0.15) is 30.0 Å². The zero-order valence-electron chi connectivity index (χ0n) is 11.6. The molecule has 0 atom stereocenters. The van der Waals surface area contributed by atoms with Crippen LogP contribution in [0.3, 0.4) is 0 Å². The summed E-state index contributed by atoms with van der Waals surface area (Å²) in [4.78, 5) is 0. The van der Waals surface area contributed by atoms with Crippen molar-refractivity contribution in [3.63, 3.8) is 0 Å². The summed E-state index contributed by atoms with van der Waals surface area (Å²) in [5, 5.41) is 0. The highest BCUT2D eigenvalue weighted by atomic mass is 14.5. The van der Waals surface area contributed by atoms with Gasteiger partial charge in [-0.3, -0.25) is 0 Å². The average molecular weight is 259 g/mol. The summed E-state index contributed by atoms with van der Waals surface area (Å²) in [5.41, 5.74) is 9.63. The van der Waals surface area contributed by atoms with Crippen molar-refractivity contribution < 1.29 is 0 Å². The summed E-state index contributed by atoms with van der Waals surface area (Å²) in [5.74, 6) is 11.8. The molecular formula is C19H17N. The summed E-state index contributed by atoms with van der Waals surface area (Å²) in [6.07, 6.45) is 2.28. The highest BCUT2D eigenvalue weighted by molar-refractivity contribution is 5.48. The Balaban J connectivity index is 2.02. The second kappa shape index (κ2) is 7.07. The van der Waals surface area contributed by atoms with E-state index in [1.54, 1.807) is 0 Å². The predicted molar refractivity (Wildman–Crippen MR) is 85.0 cm³/mol. The number of anilines is 1. The highest BCUT2D eigenvalue weighted by Gasteiger charge is 1.90. The minimum Gasteiger partial charge on any atom is -0.399 e. The molecule has 0 aliphatic carbocycles. The van der Waals surface area contributed by atoms with E-state index in [0.717, 1.165) is 29.7 Å². The molecule has 0 amide bonds. The number of hydrogen-bond acceptors (Lipinski definition) is 1. The summed E-state index contributed by atoms with van der Waals surface area (Å²) >= 11 is 0. The molecule has 0 heterocycles. The van der Waals surface area contributed by atoms with Gasteiger partial charge < -0.3 is 5.73 Å². The zero-order chi connectivity index (χ0) is 14.2. The maximum atomic E-state index is 5.62. The SMILES string of the molecule is CCCc1ccc(C#CC#Cc2ccc(N)cc2)cc1. The van der Waals surface area contributed by atoms with E-state index >= 15 is 0 Å². The lowest BCUT2D eigenvalue weighted by Gasteiger charge is -1.97. The zero-order valence-corrected chi connectivity index (χ0v) is 11.6. The standard InChI is InChI=1S/C19H17N/c1-2-5-16-8-10-17(11-9-16)6-3-4-7-18-12-14-19(20)15-13-18/h8-15H,2,5,20H2,1H3. The van der Waals surface area contributed by atoms with Crippen LogP contribution in [-0.2, 0) is 6.42 Å². The van der Waals surface area contributed by atoms with Crippen LogP contribution in [0.25, 0.3) is 0 Å². The third-order valence-electron chi connectivity index (χ3n) is 2.88. The van der Waals surface area contributed by atoms with Crippen LogP contribution in [0, 0.1) is 23.7 Å². The monoisotopic (exact) mass is 259 g/mol. The molecule has 2 N–H and O–H groups in total. The van der Waals surface area contributed by atoms with Crippen molar-refractivity contribution in [1.29, 1.82) is 0 Å². The van der Waals surface area contributed by atoms with Gasteiger partial charge in [-0.1, -0.05) is 37.3 Å². The van der Waals surface area contributed by atoms with E-state index in [1.165, 1.54) is 5.56 Å². The molecule has 0 saturated heterocycles. The van der Waals surface area contributed by atoms with Gasteiger partial charge in [0.05, 0.1) is 0 Å². The fourth-order valence-electron chi connectivity index (χ4n) is 1.82. The lowest BCUT2D eigenvalue weighted by molar-refractivity contribution is 0.922. The number of nitrogens with two attached hydrogens (primary N) is 1. The quantitative estimate of drug-likeness (QED) is 0.647. The van der Waals surface area contributed by atoms with Gasteiger partial charge in [0.2, 0.25) is 0 Å². The van der Waals surface area contributed by atoms with E-state index in [0.29, 0.717) is 0 Å². The van der Waals surface area contributed by atoms with Gasteiger partial charge in [-0.2, -0.15) is 0 Å².